The fraction of sp³-hybridized carbons (Fsp3) is 0.364. The van der Waals surface area contributed by atoms with Crippen LogP contribution in [0.2, 0.25) is 0 Å². The van der Waals surface area contributed by atoms with Crippen molar-refractivity contribution in [2.75, 3.05) is 19.6 Å². The van der Waals surface area contributed by atoms with Gasteiger partial charge in [-0.05, 0) is 54.7 Å². The minimum atomic E-state index is 0.135. The van der Waals surface area contributed by atoms with Crippen LogP contribution in [-0.2, 0) is 6.54 Å². The Hall–Kier alpha value is -2.66. The maximum atomic E-state index is 12.9. The summed E-state index contributed by atoms with van der Waals surface area (Å²) in [6, 6.07) is 12.5. The summed E-state index contributed by atoms with van der Waals surface area (Å²) in [6.45, 7) is 3.66. The van der Waals surface area contributed by atoms with Gasteiger partial charge in [0.1, 0.15) is 5.58 Å². The quantitative estimate of drug-likeness (QED) is 0.716. The van der Waals surface area contributed by atoms with Crippen LogP contribution in [0.4, 0.5) is 0 Å². The average Bonchev–Trinajstić information content (AvgIpc) is 2.98. The summed E-state index contributed by atoms with van der Waals surface area (Å²) in [4.78, 5) is 21.6. The molecule has 3 aliphatic rings. The van der Waals surface area contributed by atoms with Crippen molar-refractivity contribution in [2.45, 2.75) is 25.4 Å². The highest BCUT2D eigenvalue weighted by atomic mass is 16.3. The number of carbonyl (C=O) groups is 1. The van der Waals surface area contributed by atoms with Crippen molar-refractivity contribution in [1.29, 1.82) is 0 Å². The number of piperidine rings is 1. The highest BCUT2D eigenvalue weighted by Gasteiger charge is 2.36. The van der Waals surface area contributed by atoms with Crippen molar-refractivity contribution in [3.63, 3.8) is 0 Å². The van der Waals surface area contributed by atoms with Crippen molar-refractivity contribution in [1.82, 2.24) is 14.8 Å². The number of fused-ring (bicyclic) bond motifs is 5. The number of furan rings is 1. The number of amides is 1. The second kappa shape index (κ2) is 6.82. The second-order valence-corrected chi connectivity index (χ2v) is 7.77. The first kappa shape index (κ1) is 16.5. The number of nitrogens with zero attached hydrogens (tertiary/aromatic N) is 3. The van der Waals surface area contributed by atoms with Gasteiger partial charge in [-0.2, -0.15) is 0 Å². The molecule has 2 aromatic heterocycles. The van der Waals surface area contributed by atoms with Gasteiger partial charge in [-0.1, -0.05) is 6.07 Å². The van der Waals surface area contributed by atoms with Gasteiger partial charge < -0.3 is 9.32 Å². The number of pyridine rings is 1. The summed E-state index contributed by atoms with van der Waals surface area (Å²) in [7, 11) is 0. The average molecular weight is 361 g/mol. The minimum absolute atomic E-state index is 0.135. The van der Waals surface area contributed by atoms with Gasteiger partial charge in [0.25, 0.3) is 5.91 Å². The Balaban J connectivity index is 1.34. The maximum absolute atomic E-state index is 12.9. The van der Waals surface area contributed by atoms with E-state index in [1.165, 1.54) is 18.4 Å². The van der Waals surface area contributed by atoms with Gasteiger partial charge in [-0.25, -0.2) is 0 Å². The molecule has 0 N–H and O–H groups in total. The summed E-state index contributed by atoms with van der Waals surface area (Å²) in [5, 5.41) is 1.15. The molecule has 6 rings (SSSR count). The molecule has 5 nitrogen and oxygen atoms in total. The summed E-state index contributed by atoms with van der Waals surface area (Å²) < 4.78 is 5.45. The van der Waals surface area contributed by atoms with Gasteiger partial charge in [-0.15, -0.1) is 0 Å². The lowest BCUT2D eigenvalue weighted by Crippen LogP contribution is -2.43. The lowest BCUT2D eigenvalue weighted by molar-refractivity contribution is 0.0736. The number of rotatable bonds is 3. The zero-order valence-electron chi connectivity index (χ0n) is 15.3. The van der Waals surface area contributed by atoms with Gasteiger partial charge in [-0.3, -0.25) is 14.7 Å². The van der Waals surface area contributed by atoms with Crippen molar-refractivity contribution in [3.8, 4) is 0 Å². The molecule has 5 heteroatoms. The molecule has 2 bridgehead atoms. The summed E-state index contributed by atoms with van der Waals surface area (Å²) in [6.07, 6.45) is 7.50. The molecule has 3 aromatic rings. The normalized spacial score (nSPS) is 22.9. The molecule has 0 aliphatic carbocycles. The molecule has 1 aromatic carbocycles. The number of carbonyl (C=O) groups excluding carboxylic acids is 1. The molecule has 138 valence electrons. The zero-order chi connectivity index (χ0) is 18.2. The molecule has 2 atom stereocenters. The van der Waals surface area contributed by atoms with Crippen molar-refractivity contribution >= 4 is 16.9 Å². The summed E-state index contributed by atoms with van der Waals surface area (Å²) in [5.74, 6) is 0.683. The molecule has 0 saturated carbocycles. The molecular formula is C22H23N3O2. The fourth-order valence-corrected chi connectivity index (χ4v) is 4.56. The number of hydrogen-bond acceptors (Lipinski definition) is 4. The van der Waals surface area contributed by atoms with Crippen LogP contribution in [-0.4, -0.2) is 46.4 Å². The Labute approximate surface area is 158 Å². The number of benzene rings is 1. The minimum Gasteiger partial charge on any atom is -0.464 e. The zero-order valence-corrected chi connectivity index (χ0v) is 15.3. The molecule has 1 amide bonds. The Morgan fingerprint density at radius 3 is 2.85 bits per heavy atom. The molecular weight excluding hydrogens is 338 g/mol. The highest BCUT2D eigenvalue weighted by Crippen LogP contribution is 2.30. The van der Waals surface area contributed by atoms with E-state index in [9.17, 15) is 4.79 Å². The van der Waals surface area contributed by atoms with E-state index in [1.54, 1.807) is 18.7 Å². The fourth-order valence-electron chi connectivity index (χ4n) is 4.56. The van der Waals surface area contributed by atoms with Crippen LogP contribution in [0, 0.1) is 5.92 Å². The maximum Gasteiger partial charge on any atom is 0.254 e. The smallest absolute Gasteiger partial charge is 0.254 e. The van der Waals surface area contributed by atoms with Crippen LogP contribution in [0.15, 0.2) is 59.5 Å². The number of aromatic nitrogens is 1. The van der Waals surface area contributed by atoms with E-state index in [1.807, 2.05) is 18.2 Å². The molecule has 0 spiro atoms. The van der Waals surface area contributed by atoms with Crippen LogP contribution in [0.1, 0.15) is 28.8 Å². The first-order chi connectivity index (χ1) is 13.3. The third-order valence-electron chi connectivity index (χ3n) is 5.94. The predicted molar refractivity (Wildman–Crippen MR) is 103 cm³/mol. The Kier molecular flexibility index (Phi) is 4.17. The van der Waals surface area contributed by atoms with Gasteiger partial charge in [0.15, 0.2) is 0 Å². The predicted octanol–water partition coefficient (Wildman–Crippen LogP) is 3.56. The van der Waals surface area contributed by atoms with E-state index in [-0.39, 0.29) is 5.91 Å². The first-order valence-electron chi connectivity index (χ1n) is 9.66. The van der Waals surface area contributed by atoms with E-state index in [4.69, 9.17) is 4.42 Å². The SMILES string of the molecule is O=C(c1ccncc1)N1C[C@H]2CC[C@@H](C1)N(Cc1ccc3occc3c1)C2. The van der Waals surface area contributed by atoms with E-state index in [0.717, 1.165) is 42.7 Å². The van der Waals surface area contributed by atoms with Crippen molar-refractivity contribution in [3.05, 3.63) is 66.2 Å². The molecule has 3 aliphatic heterocycles. The standard InChI is InChI=1S/C22H23N3O2/c26-22(18-5-8-23-9-6-18)25-14-17-1-3-20(15-25)24(13-17)12-16-2-4-21-19(11-16)7-10-27-21/h2,4-11,17,20H,1,3,12-15H2/t17-,20-/m0/s1. The Bertz CT molecular complexity index is 952. The van der Waals surface area contributed by atoms with Crippen LogP contribution < -0.4 is 0 Å². The second-order valence-electron chi connectivity index (χ2n) is 7.77. The van der Waals surface area contributed by atoms with Crippen LogP contribution in [0.25, 0.3) is 11.0 Å². The lowest BCUT2D eigenvalue weighted by atomic mass is 9.94. The highest BCUT2D eigenvalue weighted by molar-refractivity contribution is 5.94. The molecule has 3 saturated heterocycles. The Morgan fingerprint density at radius 1 is 1.07 bits per heavy atom. The molecule has 3 fully saturated rings. The van der Waals surface area contributed by atoms with Crippen LogP contribution in [0.5, 0.6) is 0 Å². The van der Waals surface area contributed by atoms with E-state index < -0.39 is 0 Å². The van der Waals surface area contributed by atoms with Crippen LogP contribution in [0.3, 0.4) is 0 Å². The van der Waals surface area contributed by atoms with E-state index in [2.05, 4.69) is 33.0 Å². The van der Waals surface area contributed by atoms with E-state index in [0.29, 0.717) is 12.0 Å². The van der Waals surface area contributed by atoms with Gasteiger partial charge in [0, 0.05) is 55.6 Å². The van der Waals surface area contributed by atoms with Gasteiger partial charge in [0.05, 0.1) is 6.26 Å². The topological polar surface area (TPSA) is 49.6 Å². The largest absolute Gasteiger partial charge is 0.464 e. The third kappa shape index (κ3) is 3.23. The third-order valence-corrected chi connectivity index (χ3v) is 5.94. The summed E-state index contributed by atoms with van der Waals surface area (Å²) in [5.41, 5.74) is 2.98. The molecule has 0 unspecified atom stereocenters. The summed E-state index contributed by atoms with van der Waals surface area (Å²) >= 11 is 0. The van der Waals surface area contributed by atoms with Crippen molar-refractivity contribution in [2.24, 2.45) is 5.92 Å². The van der Waals surface area contributed by atoms with Gasteiger partial charge in [0.2, 0.25) is 0 Å². The molecule has 0 radical (unpaired) electrons. The molecule has 5 heterocycles. The van der Waals surface area contributed by atoms with Crippen molar-refractivity contribution < 1.29 is 9.21 Å². The first-order valence-corrected chi connectivity index (χ1v) is 9.66. The van der Waals surface area contributed by atoms with Gasteiger partial charge >= 0.3 is 0 Å². The number of hydrogen-bond donors (Lipinski definition) is 0. The van der Waals surface area contributed by atoms with E-state index >= 15 is 0 Å². The lowest BCUT2D eigenvalue weighted by Gasteiger charge is -2.36. The molecule has 27 heavy (non-hydrogen) atoms. The monoisotopic (exact) mass is 361 g/mol. The Morgan fingerprint density at radius 2 is 1.96 bits per heavy atom. The van der Waals surface area contributed by atoms with Crippen LogP contribution >= 0.6 is 0 Å².